The molecule has 0 radical (unpaired) electrons. The van der Waals surface area contributed by atoms with Crippen molar-refractivity contribution in [2.24, 2.45) is 7.05 Å². The fourth-order valence-corrected chi connectivity index (χ4v) is 2.27. The van der Waals surface area contributed by atoms with Gasteiger partial charge in [0.25, 0.3) is 0 Å². The number of hydrogen-bond acceptors (Lipinski definition) is 6. The number of hydrogen-bond donors (Lipinski definition) is 1. The van der Waals surface area contributed by atoms with E-state index in [4.69, 9.17) is 0 Å². The molecule has 3 heterocycles. The molecule has 0 aliphatic heterocycles. The molecule has 0 spiro atoms. The standard InChI is InChI=1S/C13H12N8/c1-20-10-5-3-2-4-9(10)15-13(20)8-14-11-6-7-12-16-18-19-21(12)17-11/h2-7H,8H2,1H3,(H,14,17). The first kappa shape index (κ1) is 11.8. The zero-order chi connectivity index (χ0) is 14.2. The summed E-state index contributed by atoms with van der Waals surface area (Å²) in [4.78, 5) is 4.61. The van der Waals surface area contributed by atoms with E-state index in [1.165, 1.54) is 4.63 Å². The first-order valence-corrected chi connectivity index (χ1v) is 6.51. The summed E-state index contributed by atoms with van der Waals surface area (Å²) in [6.45, 7) is 0.575. The second-order valence-electron chi connectivity index (χ2n) is 4.67. The van der Waals surface area contributed by atoms with Crippen molar-refractivity contribution in [3.8, 4) is 0 Å². The van der Waals surface area contributed by atoms with E-state index in [1.54, 1.807) is 0 Å². The minimum Gasteiger partial charge on any atom is -0.361 e. The van der Waals surface area contributed by atoms with Gasteiger partial charge in [0.2, 0.25) is 0 Å². The van der Waals surface area contributed by atoms with Crippen LogP contribution in [0.1, 0.15) is 5.82 Å². The van der Waals surface area contributed by atoms with Crippen LogP contribution < -0.4 is 5.32 Å². The van der Waals surface area contributed by atoms with E-state index in [0.29, 0.717) is 18.0 Å². The number of benzene rings is 1. The third kappa shape index (κ3) is 1.97. The van der Waals surface area contributed by atoms with Gasteiger partial charge in [-0.2, -0.15) is 0 Å². The quantitative estimate of drug-likeness (QED) is 0.603. The number of fused-ring (bicyclic) bond motifs is 2. The Hall–Kier alpha value is -3.03. The summed E-state index contributed by atoms with van der Waals surface area (Å²) in [6, 6.07) is 11.7. The van der Waals surface area contributed by atoms with E-state index < -0.39 is 0 Å². The highest BCUT2D eigenvalue weighted by atomic mass is 15.6. The summed E-state index contributed by atoms with van der Waals surface area (Å²) in [5, 5.41) is 18.6. The van der Waals surface area contributed by atoms with Gasteiger partial charge in [-0.3, -0.25) is 0 Å². The van der Waals surface area contributed by atoms with Crippen LogP contribution in [0.3, 0.4) is 0 Å². The van der Waals surface area contributed by atoms with Crippen LogP contribution in [0.5, 0.6) is 0 Å². The third-order valence-electron chi connectivity index (χ3n) is 3.38. The molecule has 0 aliphatic carbocycles. The van der Waals surface area contributed by atoms with Gasteiger partial charge >= 0.3 is 0 Å². The van der Waals surface area contributed by atoms with Crippen molar-refractivity contribution >= 4 is 22.5 Å². The highest BCUT2D eigenvalue weighted by Gasteiger charge is 2.07. The fourth-order valence-electron chi connectivity index (χ4n) is 2.27. The van der Waals surface area contributed by atoms with E-state index >= 15 is 0 Å². The Labute approximate surface area is 119 Å². The molecule has 0 fully saturated rings. The molecule has 0 aliphatic rings. The molecule has 0 atom stereocenters. The van der Waals surface area contributed by atoms with Gasteiger partial charge in [0, 0.05) is 7.05 Å². The summed E-state index contributed by atoms with van der Waals surface area (Å²) in [7, 11) is 2.00. The predicted molar refractivity (Wildman–Crippen MR) is 76.6 cm³/mol. The smallest absolute Gasteiger partial charge is 0.200 e. The molecule has 4 aromatic rings. The van der Waals surface area contributed by atoms with E-state index in [2.05, 4.69) is 41.6 Å². The number of aromatic nitrogens is 7. The normalized spacial score (nSPS) is 11.3. The van der Waals surface area contributed by atoms with Crippen LogP contribution in [0.25, 0.3) is 16.7 Å². The molecule has 0 amide bonds. The molecular formula is C13H12N8. The number of tetrazole rings is 1. The number of anilines is 1. The number of nitrogens with zero attached hydrogens (tertiary/aromatic N) is 7. The largest absolute Gasteiger partial charge is 0.361 e. The lowest BCUT2D eigenvalue weighted by atomic mass is 10.3. The van der Waals surface area contributed by atoms with E-state index in [1.807, 2.05) is 37.4 Å². The molecule has 0 saturated carbocycles. The van der Waals surface area contributed by atoms with Crippen molar-refractivity contribution in [1.29, 1.82) is 0 Å². The maximum absolute atomic E-state index is 4.61. The molecule has 0 saturated heterocycles. The number of rotatable bonds is 3. The highest BCUT2D eigenvalue weighted by Crippen LogP contribution is 2.15. The zero-order valence-corrected chi connectivity index (χ0v) is 11.3. The van der Waals surface area contributed by atoms with Gasteiger partial charge in [0.05, 0.1) is 17.6 Å². The second kappa shape index (κ2) is 4.51. The molecule has 8 nitrogen and oxygen atoms in total. The number of aryl methyl sites for hydroxylation is 1. The van der Waals surface area contributed by atoms with Gasteiger partial charge in [0.1, 0.15) is 11.6 Å². The summed E-state index contributed by atoms with van der Waals surface area (Å²) in [5.74, 6) is 1.64. The molecule has 1 aromatic carbocycles. The Morgan fingerprint density at radius 2 is 2.05 bits per heavy atom. The molecule has 3 aromatic heterocycles. The van der Waals surface area contributed by atoms with Crippen molar-refractivity contribution in [3.05, 3.63) is 42.2 Å². The van der Waals surface area contributed by atoms with Gasteiger partial charge in [0.15, 0.2) is 5.65 Å². The van der Waals surface area contributed by atoms with E-state index in [-0.39, 0.29) is 0 Å². The van der Waals surface area contributed by atoms with E-state index in [0.717, 1.165) is 16.9 Å². The van der Waals surface area contributed by atoms with Crippen molar-refractivity contribution in [2.75, 3.05) is 5.32 Å². The van der Waals surface area contributed by atoms with Gasteiger partial charge in [-0.1, -0.05) is 12.1 Å². The van der Waals surface area contributed by atoms with Crippen LogP contribution in [-0.4, -0.2) is 34.8 Å². The van der Waals surface area contributed by atoms with Crippen LogP contribution in [0.15, 0.2) is 36.4 Å². The molecule has 8 heteroatoms. The monoisotopic (exact) mass is 280 g/mol. The first-order chi connectivity index (χ1) is 10.3. The number of nitrogens with one attached hydrogen (secondary N) is 1. The Kier molecular flexibility index (Phi) is 2.53. The summed E-state index contributed by atoms with van der Waals surface area (Å²) in [5.41, 5.74) is 2.71. The molecule has 104 valence electrons. The zero-order valence-electron chi connectivity index (χ0n) is 11.3. The maximum Gasteiger partial charge on any atom is 0.200 e. The lowest BCUT2D eigenvalue weighted by Gasteiger charge is -2.05. The third-order valence-corrected chi connectivity index (χ3v) is 3.38. The first-order valence-electron chi connectivity index (χ1n) is 6.51. The van der Waals surface area contributed by atoms with Crippen LogP contribution in [0.4, 0.5) is 5.82 Å². The van der Waals surface area contributed by atoms with Gasteiger partial charge in [-0.25, -0.2) is 4.98 Å². The van der Waals surface area contributed by atoms with Crippen LogP contribution in [0.2, 0.25) is 0 Å². The minimum absolute atomic E-state index is 0.575. The predicted octanol–water partition coefficient (Wildman–Crippen LogP) is 1.02. The second-order valence-corrected chi connectivity index (χ2v) is 4.67. The molecule has 0 bridgehead atoms. The Morgan fingerprint density at radius 3 is 2.95 bits per heavy atom. The van der Waals surface area contributed by atoms with Gasteiger partial charge in [-0.05, 0) is 34.7 Å². The van der Waals surface area contributed by atoms with Gasteiger partial charge < -0.3 is 9.88 Å². The van der Waals surface area contributed by atoms with Crippen LogP contribution in [0, 0.1) is 0 Å². The number of imidazole rings is 1. The molecule has 1 N–H and O–H groups in total. The fraction of sp³-hybridized carbons (Fsp3) is 0.154. The highest BCUT2D eigenvalue weighted by molar-refractivity contribution is 5.75. The van der Waals surface area contributed by atoms with Crippen molar-refractivity contribution < 1.29 is 0 Å². The van der Waals surface area contributed by atoms with E-state index in [9.17, 15) is 0 Å². The SMILES string of the molecule is Cn1c(CNc2ccc3nnnn3n2)nc2ccccc21. The lowest BCUT2D eigenvalue weighted by molar-refractivity contribution is 0.731. The lowest BCUT2D eigenvalue weighted by Crippen LogP contribution is -2.08. The molecular weight excluding hydrogens is 268 g/mol. The van der Waals surface area contributed by atoms with Crippen LogP contribution >= 0.6 is 0 Å². The maximum atomic E-state index is 4.61. The van der Waals surface area contributed by atoms with Crippen molar-refractivity contribution in [1.82, 2.24) is 34.8 Å². The number of para-hydroxylation sites is 2. The summed E-state index contributed by atoms with van der Waals surface area (Å²) >= 11 is 0. The Balaban J connectivity index is 1.61. The van der Waals surface area contributed by atoms with Crippen LogP contribution in [-0.2, 0) is 13.6 Å². The Morgan fingerprint density at radius 1 is 1.14 bits per heavy atom. The summed E-state index contributed by atoms with van der Waals surface area (Å²) < 4.78 is 3.45. The Bertz CT molecular complexity index is 922. The minimum atomic E-state index is 0.575. The molecule has 21 heavy (non-hydrogen) atoms. The van der Waals surface area contributed by atoms with Gasteiger partial charge in [-0.15, -0.1) is 14.8 Å². The molecule has 0 unspecified atom stereocenters. The van der Waals surface area contributed by atoms with Crippen molar-refractivity contribution in [2.45, 2.75) is 6.54 Å². The van der Waals surface area contributed by atoms with Crippen molar-refractivity contribution in [3.63, 3.8) is 0 Å². The molecule has 4 rings (SSSR count). The summed E-state index contributed by atoms with van der Waals surface area (Å²) in [6.07, 6.45) is 0. The topological polar surface area (TPSA) is 85.8 Å². The average molecular weight is 280 g/mol. The average Bonchev–Trinajstić information content (AvgIpc) is 3.10.